The lowest BCUT2D eigenvalue weighted by atomic mass is 9.79. The van der Waals surface area contributed by atoms with Crippen molar-refractivity contribution in [1.29, 1.82) is 0 Å². The highest BCUT2D eigenvalue weighted by Gasteiger charge is 2.53. The van der Waals surface area contributed by atoms with Crippen LogP contribution >= 0.6 is 0 Å². The van der Waals surface area contributed by atoms with Gasteiger partial charge in [-0.3, -0.25) is 0 Å². The van der Waals surface area contributed by atoms with E-state index < -0.39 is 14.6 Å². The summed E-state index contributed by atoms with van der Waals surface area (Å²) >= 11 is 0. The van der Waals surface area contributed by atoms with Crippen LogP contribution in [0.3, 0.4) is 0 Å². The molecule has 0 saturated heterocycles. The van der Waals surface area contributed by atoms with E-state index in [1.807, 2.05) is 20.8 Å². The molecule has 4 heteroatoms. The highest BCUT2D eigenvalue weighted by Crippen LogP contribution is 2.61. The van der Waals surface area contributed by atoms with Crippen LogP contribution < -0.4 is 5.32 Å². The fourth-order valence-corrected chi connectivity index (χ4v) is 4.87. The Hall–Kier alpha value is -0.0900. The highest BCUT2D eigenvalue weighted by atomic mass is 32.2. The molecule has 3 nitrogen and oxygen atoms in total. The van der Waals surface area contributed by atoms with E-state index in [-0.39, 0.29) is 11.0 Å². The van der Waals surface area contributed by atoms with Gasteiger partial charge in [0.1, 0.15) is 0 Å². The maximum atomic E-state index is 12.4. The molecule has 21 heavy (non-hydrogen) atoms. The lowest BCUT2D eigenvalue weighted by molar-refractivity contribution is 0.216. The van der Waals surface area contributed by atoms with Crippen LogP contribution in [0.15, 0.2) is 0 Å². The second-order valence-electron chi connectivity index (χ2n) is 9.45. The summed E-state index contributed by atoms with van der Waals surface area (Å²) in [6.07, 6.45) is 4.65. The van der Waals surface area contributed by atoms with E-state index in [1.54, 1.807) is 0 Å². The minimum atomic E-state index is -3.01. The zero-order chi connectivity index (χ0) is 16.1. The molecule has 2 aliphatic rings. The van der Waals surface area contributed by atoms with Crippen molar-refractivity contribution in [3.8, 4) is 0 Å². The third kappa shape index (κ3) is 4.22. The van der Waals surface area contributed by atoms with Gasteiger partial charge in [0.05, 0.1) is 10.5 Å². The van der Waals surface area contributed by atoms with Crippen LogP contribution in [0.2, 0.25) is 0 Å². The van der Waals surface area contributed by atoms with Crippen molar-refractivity contribution in [2.75, 3.05) is 12.3 Å². The largest absolute Gasteiger partial charge is 0.312 e. The predicted octanol–water partition coefficient (Wildman–Crippen LogP) is 3.39. The molecule has 0 heterocycles. The summed E-state index contributed by atoms with van der Waals surface area (Å²) in [4.78, 5) is 0. The normalized spacial score (nSPS) is 33.0. The predicted molar refractivity (Wildman–Crippen MR) is 89.2 cm³/mol. The van der Waals surface area contributed by atoms with Gasteiger partial charge in [0.15, 0.2) is 9.84 Å². The molecule has 2 aliphatic carbocycles. The standard InChI is InChI=1S/C17H33NO2S/c1-15(2,3)18-12-17(10-13-9-14(13)11-17)7-8-21(19,20)16(4,5)6/h13-14,18H,7-12H2,1-6H3. The summed E-state index contributed by atoms with van der Waals surface area (Å²) in [5, 5.41) is 3.63. The van der Waals surface area contributed by atoms with Crippen molar-refractivity contribution in [2.24, 2.45) is 17.3 Å². The summed E-state index contributed by atoms with van der Waals surface area (Å²) in [5.41, 5.74) is 0.307. The smallest absolute Gasteiger partial charge is 0.155 e. The van der Waals surface area contributed by atoms with Crippen LogP contribution in [0.1, 0.15) is 67.2 Å². The third-order valence-electron chi connectivity index (χ3n) is 5.29. The SMILES string of the molecule is CC(C)(C)NCC1(CCS(=O)(=O)C(C)(C)C)CC2CC2C1. The molecule has 2 rings (SSSR count). The van der Waals surface area contributed by atoms with Crippen LogP contribution in [-0.2, 0) is 9.84 Å². The molecule has 0 aromatic rings. The van der Waals surface area contributed by atoms with Crippen LogP contribution in [0, 0.1) is 17.3 Å². The van der Waals surface area contributed by atoms with Crippen molar-refractivity contribution in [2.45, 2.75) is 77.5 Å². The third-order valence-corrected chi connectivity index (χ3v) is 7.89. The lowest BCUT2D eigenvalue weighted by Gasteiger charge is -2.35. The molecule has 2 fully saturated rings. The van der Waals surface area contributed by atoms with Gasteiger partial charge in [0.2, 0.25) is 0 Å². The second-order valence-corrected chi connectivity index (χ2v) is 12.3. The molecule has 0 amide bonds. The molecule has 2 unspecified atom stereocenters. The fraction of sp³-hybridized carbons (Fsp3) is 1.00. The van der Waals surface area contributed by atoms with Gasteiger partial charge in [-0.25, -0.2) is 8.42 Å². The molecule has 2 atom stereocenters. The van der Waals surface area contributed by atoms with Gasteiger partial charge < -0.3 is 5.32 Å². The monoisotopic (exact) mass is 315 g/mol. The molecule has 0 radical (unpaired) electrons. The van der Waals surface area contributed by atoms with E-state index >= 15 is 0 Å². The first-order valence-electron chi connectivity index (χ1n) is 8.31. The van der Waals surface area contributed by atoms with Crippen molar-refractivity contribution in [1.82, 2.24) is 5.32 Å². The topological polar surface area (TPSA) is 46.2 Å². The molecule has 0 aromatic carbocycles. The Kier molecular flexibility index (Phi) is 4.30. The molecule has 124 valence electrons. The van der Waals surface area contributed by atoms with E-state index in [2.05, 4.69) is 26.1 Å². The molecule has 0 aromatic heterocycles. The molecular formula is C17H33NO2S. The number of fused-ring (bicyclic) bond motifs is 1. The number of nitrogens with one attached hydrogen (secondary N) is 1. The Morgan fingerprint density at radius 1 is 1.05 bits per heavy atom. The van der Waals surface area contributed by atoms with E-state index in [9.17, 15) is 8.42 Å². The van der Waals surface area contributed by atoms with E-state index in [0.29, 0.717) is 5.75 Å². The van der Waals surface area contributed by atoms with Crippen molar-refractivity contribution >= 4 is 9.84 Å². The first-order chi connectivity index (χ1) is 9.34. The van der Waals surface area contributed by atoms with E-state index in [1.165, 1.54) is 19.3 Å². The summed E-state index contributed by atoms with van der Waals surface area (Å²) in [6.45, 7) is 13.0. The average molecular weight is 316 g/mol. The Morgan fingerprint density at radius 3 is 2.00 bits per heavy atom. The van der Waals surface area contributed by atoms with Gasteiger partial charge in [-0.2, -0.15) is 0 Å². The van der Waals surface area contributed by atoms with Gasteiger partial charge >= 0.3 is 0 Å². The van der Waals surface area contributed by atoms with Crippen LogP contribution in [-0.4, -0.2) is 31.0 Å². The Morgan fingerprint density at radius 2 is 1.57 bits per heavy atom. The van der Waals surface area contributed by atoms with Crippen molar-refractivity contribution in [3.05, 3.63) is 0 Å². The Bertz CT molecular complexity index is 472. The number of sulfone groups is 1. The van der Waals surface area contributed by atoms with Gasteiger partial charge in [-0.1, -0.05) is 0 Å². The summed E-state index contributed by atoms with van der Waals surface area (Å²) in [5.74, 6) is 2.09. The van der Waals surface area contributed by atoms with Crippen LogP contribution in [0.4, 0.5) is 0 Å². The molecule has 2 saturated carbocycles. The van der Waals surface area contributed by atoms with Gasteiger partial charge in [-0.05, 0) is 84.5 Å². The van der Waals surface area contributed by atoms with Crippen LogP contribution in [0.5, 0.6) is 0 Å². The first-order valence-corrected chi connectivity index (χ1v) is 9.96. The zero-order valence-corrected chi connectivity index (χ0v) is 15.4. The number of hydrogen-bond acceptors (Lipinski definition) is 3. The average Bonchev–Trinajstić information content (AvgIpc) is 2.91. The Balaban J connectivity index is 2.01. The summed E-state index contributed by atoms with van der Waals surface area (Å²) in [6, 6.07) is 0. The van der Waals surface area contributed by atoms with Crippen LogP contribution in [0.25, 0.3) is 0 Å². The summed E-state index contributed by atoms with van der Waals surface area (Å²) in [7, 11) is -3.01. The number of rotatable bonds is 5. The molecule has 0 aliphatic heterocycles. The molecular weight excluding hydrogens is 282 g/mol. The highest BCUT2D eigenvalue weighted by molar-refractivity contribution is 7.92. The lowest BCUT2D eigenvalue weighted by Crippen LogP contribution is -2.44. The Labute approximate surface area is 131 Å². The van der Waals surface area contributed by atoms with Crippen molar-refractivity contribution < 1.29 is 8.42 Å². The first kappa shape index (κ1) is 17.3. The van der Waals surface area contributed by atoms with Gasteiger partial charge in [0.25, 0.3) is 0 Å². The fourth-order valence-electron chi connectivity index (χ4n) is 3.55. The second kappa shape index (κ2) is 5.23. The van der Waals surface area contributed by atoms with Crippen molar-refractivity contribution in [3.63, 3.8) is 0 Å². The van der Waals surface area contributed by atoms with E-state index in [0.717, 1.165) is 24.8 Å². The number of hydrogen-bond donors (Lipinski definition) is 1. The molecule has 0 spiro atoms. The molecule has 0 bridgehead atoms. The maximum absolute atomic E-state index is 12.4. The van der Waals surface area contributed by atoms with E-state index in [4.69, 9.17) is 0 Å². The molecule has 1 N–H and O–H groups in total. The zero-order valence-electron chi connectivity index (χ0n) is 14.6. The maximum Gasteiger partial charge on any atom is 0.155 e. The minimum absolute atomic E-state index is 0.0999. The minimum Gasteiger partial charge on any atom is -0.312 e. The van der Waals surface area contributed by atoms with Gasteiger partial charge in [0, 0.05) is 12.1 Å². The quantitative estimate of drug-likeness (QED) is 0.846. The summed E-state index contributed by atoms with van der Waals surface area (Å²) < 4.78 is 24.2. The van der Waals surface area contributed by atoms with Gasteiger partial charge in [-0.15, -0.1) is 0 Å².